The zero-order chi connectivity index (χ0) is 22.5. The minimum atomic E-state index is -0.468. The Morgan fingerprint density at radius 3 is 2.35 bits per heavy atom. The largest absolute Gasteiger partial charge is 0.490 e. The van der Waals surface area contributed by atoms with Crippen LogP contribution in [0.15, 0.2) is 77.7 Å². The van der Waals surface area contributed by atoms with Gasteiger partial charge in [-0.25, -0.2) is 9.59 Å². The summed E-state index contributed by atoms with van der Waals surface area (Å²) in [6.45, 7) is 7.96. The summed E-state index contributed by atoms with van der Waals surface area (Å²) in [5.41, 5.74) is 2.86. The number of thioether (sulfide) groups is 1. The van der Waals surface area contributed by atoms with Crippen LogP contribution in [0, 0.1) is 6.92 Å². The van der Waals surface area contributed by atoms with Crippen LogP contribution in [0.5, 0.6) is 5.75 Å². The van der Waals surface area contributed by atoms with E-state index in [9.17, 15) is 9.59 Å². The van der Waals surface area contributed by atoms with Gasteiger partial charge in [0.15, 0.2) is 0 Å². The van der Waals surface area contributed by atoms with Crippen molar-refractivity contribution < 1.29 is 23.8 Å². The van der Waals surface area contributed by atoms with E-state index in [1.54, 1.807) is 18.7 Å². The average Bonchev–Trinajstić information content (AvgIpc) is 2.79. The Morgan fingerprint density at radius 1 is 0.968 bits per heavy atom. The molecule has 0 heterocycles. The summed E-state index contributed by atoms with van der Waals surface area (Å²) in [5, 5.41) is 0. The lowest BCUT2D eigenvalue weighted by atomic mass is 10.1. The molecular weight excluding hydrogens is 412 g/mol. The van der Waals surface area contributed by atoms with Crippen molar-refractivity contribution in [2.45, 2.75) is 25.2 Å². The lowest BCUT2D eigenvalue weighted by Gasteiger charge is -2.07. The quantitative estimate of drug-likeness (QED) is 0.202. The molecule has 0 aliphatic rings. The standard InChI is InChI=1S/C25H28O5S/c1-4-24(26)29-16-15-28-22-11-9-21(10-12-22)8-7-20(3)25(27)30-17-18-31-23-13-5-19(2)6-14-23/h4-7,9-14H,1,8,15-18H2,2-3H3/b20-7+. The molecular formula is C25H28O5S. The molecule has 5 nitrogen and oxygen atoms in total. The summed E-state index contributed by atoms with van der Waals surface area (Å²) in [6.07, 6.45) is 3.60. The van der Waals surface area contributed by atoms with Gasteiger partial charge in [-0.15, -0.1) is 11.8 Å². The molecule has 0 amide bonds. The second-order valence-electron chi connectivity index (χ2n) is 6.75. The fourth-order valence-electron chi connectivity index (χ4n) is 2.48. The molecule has 0 unspecified atom stereocenters. The molecule has 0 bridgehead atoms. The van der Waals surface area contributed by atoms with Crippen molar-refractivity contribution in [2.24, 2.45) is 0 Å². The molecule has 0 atom stereocenters. The van der Waals surface area contributed by atoms with Crippen LogP contribution in [0.3, 0.4) is 0 Å². The highest BCUT2D eigenvalue weighted by molar-refractivity contribution is 7.99. The van der Waals surface area contributed by atoms with E-state index >= 15 is 0 Å². The first-order valence-electron chi connectivity index (χ1n) is 10.0. The van der Waals surface area contributed by atoms with Crippen molar-refractivity contribution in [3.05, 3.63) is 84.0 Å². The number of hydrogen-bond donors (Lipinski definition) is 0. The molecule has 0 aliphatic carbocycles. The number of aryl methyl sites for hydroxylation is 1. The lowest BCUT2D eigenvalue weighted by Crippen LogP contribution is -2.10. The molecule has 2 rings (SSSR count). The third-order valence-electron chi connectivity index (χ3n) is 4.26. The third-order valence-corrected chi connectivity index (χ3v) is 5.23. The second kappa shape index (κ2) is 13.3. The van der Waals surface area contributed by atoms with Crippen molar-refractivity contribution in [1.29, 1.82) is 0 Å². The van der Waals surface area contributed by atoms with E-state index < -0.39 is 5.97 Å². The smallest absolute Gasteiger partial charge is 0.333 e. The van der Waals surface area contributed by atoms with Crippen LogP contribution in [0.1, 0.15) is 18.1 Å². The molecule has 0 radical (unpaired) electrons. The highest BCUT2D eigenvalue weighted by Gasteiger charge is 2.06. The van der Waals surface area contributed by atoms with Crippen molar-refractivity contribution in [2.75, 3.05) is 25.6 Å². The summed E-state index contributed by atoms with van der Waals surface area (Å²) < 4.78 is 15.7. The van der Waals surface area contributed by atoms with E-state index in [2.05, 4.69) is 37.8 Å². The van der Waals surface area contributed by atoms with Gasteiger partial charge in [0.2, 0.25) is 0 Å². The maximum Gasteiger partial charge on any atom is 0.333 e. The highest BCUT2D eigenvalue weighted by atomic mass is 32.2. The Labute approximate surface area is 188 Å². The SMILES string of the molecule is C=CC(=O)OCCOc1ccc(C/C=C(\C)C(=O)OCCSc2ccc(C)cc2)cc1. The number of carbonyl (C=O) groups excluding carboxylic acids is 2. The van der Waals surface area contributed by atoms with Gasteiger partial charge >= 0.3 is 11.9 Å². The number of benzene rings is 2. The fourth-order valence-corrected chi connectivity index (χ4v) is 3.21. The van der Waals surface area contributed by atoms with Crippen molar-refractivity contribution in [3.63, 3.8) is 0 Å². The molecule has 0 aromatic heterocycles. The Bertz CT molecular complexity index is 885. The van der Waals surface area contributed by atoms with Crippen LogP contribution >= 0.6 is 11.8 Å². The van der Waals surface area contributed by atoms with Gasteiger partial charge in [-0.2, -0.15) is 0 Å². The van der Waals surface area contributed by atoms with Gasteiger partial charge in [-0.1, -0.05) is 42.5 Å². The molecule has 0 aliphatic heterocycles. The van der Waals surface area contributed by atoms with Crippen LogP contribution < -0.4 is 4.74 Å². The Kier molecular flexibility index (Phi) is 10.4. The van der Waals surface area contributed by atoms with Gasteiger partial charge < -0.3 is 14.2 Å². The molecule has 164 valence electrons. The minimum Gasteiger partial charge on any atom is -0.490 e. The maximum absolute atomic E-state index is 12.1. The molecule has 2 aromatic carbocycles. The van der Waals surface area contributed by atoms with E-state index in [0.29, 0.717) is 24.4 Å². The first kappa shape index (κ1) is 24.3. The zero-order valence-corrected chi connectivity index (χ0v) is 18.8. The highest BCUT2D eigenvalue weighted by Crippen LogP contribution is 2.18. The van der Waals surface area contributed by atoms with E-state index in [1.807, 2.05) is 30.3 Å². The van der Waals surface area contributed by atoms with Gasteiger partial charge in [0.1, 0.15) is 25.6 Å². The predicted molar refractivity (Wildman–Crippen MR) is 123 cm³/mol. The van der Waals surface area contributed by atoms with Gasteiger partial charge in [-0.05, 0) is 50.1 Å². The topological polar surface area (TPSA) is 61.8 Å². The van der Waals surface area contributed by atoms with Gasteiger partial charge in [0.25, 0.3) is 0 Å². The summed E-state index contributed by atoms with van der Waals surface area (Å²) >= 11 is 1.67. The summed E-state index contributed by atoms with van der Waals surface area (Å²) in [4.78, 5) is 24.2. The molecule has 6 heteroatoms. The van der Waals surface area contributed by atoms with Crippen LogP contribution in [-0.4, -0.2) is 37.5 Å². The molecule has 0 N–H and O–H groups in total. The van der Waals surface area contributed by atoms with E-state index in [0.717, 1.165) is 17.4 Å². The average molecular weight is 441 g/mol. The number of carbonyl (C=O) groups is 2. The van der Waals surface area contributed by atoms with Crippen LogP contribution in [0.4, 0.5) is 0 Å². The van der Waals surface area contributed by atoms with Gasteiger partial charge in [0, 0.05) is 22.3 Å². The fraction of sp³-hybridized carbons (Fsp3) is 0.280. The maximum atomic E-state index is 12.1. The number of hydrogen-bond acceptors (Lipinski definition) is 6. The number of esters is 2. The predicted octanol–water partition coefficient (Wildman–Crippen LogP) is 4.93. The van der Waals surface area contributed by atoms with E-state index in [-0.39, 0.29) is 19.2 Å². The normalized spacial score (nSPS) is 11.0. The van der Waals surface area contributed by atoms with Crippen LogP contribution in [-0.2, 0) is 25.5 Å². The Morgan fingerprint density at radius 2 is 1.68 bits per heavy atom. The van der Waals surface area contributed by atoms with E-state index in [1.165, 1.54) is 10.5 Å². The first-order valence-corrected chi connectivity index (χ1v) is 11.0. The van der Waals surface area contributed by atoms with E-state index in [4.69, 9.17) is 14.2 Å². The number of ether oxygens (including phenoxy) is 3. The van der Waals surface area contributed by atoms with Crippen LogP contribution in [0.25, 0.3) is 0 Å². The second-order valence-corrected chi connectivity index (χ2v) is 7.92. The summed E-state index contributed by atoms with van der Waals surface area (Å²) in [7, 11) is 0. The first-order chi connectivity index (χ1) is 15.0. The molecule has 31 heavy (non-hydrogen) atoms. The summed E-state index contributed by atoms with van der Waals surface area (Å²) in [6, 6.07) is 15.8. The van der Waals surface area contributed by atoms with Crippen LogP contribution in [0.2, 0.25) is 0 Å². The molecule has 2 aromatic rings. The molecule has 0 saturated carbocycles. The van der Waals surface area contributed by atoms with Crippen molar-refractivity contribution in [1.82, 2.24) is 0 Å². The van der Waals surface area contributed by atoms with Crippen molar-refractivity contribution >= 4 is 23.7 Å². The Balaban J connectivity index is 1.67. The molecule has 0 spiro atoms. The van der Waals surface area contributed by atoms with Gasteiger partial charge in [0.05, 0.1) is 0 Å². The summed E-state index contributed by atoms with van der Waals surface area (Å²) in [5.74, 6) is 0.642. The monoisotopic (exact) mass is 440 g/mol. The number of allylic oxidation sites excluding steroid dienone is 1. The van der Waals surface area contributed by atoms with Crippen molar-refractivity contribution in [3.8, 4) is 5.75 Å². The minimum absolute atomic E-state index is 0.167. The zero-order valence-electron chi connectivity index (χ0n) is 18.0. The number of rotatable bonds is 12. The lowest BCUT2D eigenvalue weighted by molar-refractivity contribution is -0.139. The molecule has 0 saturated heterocycles. The van der Waals surface area contributed by atoms with Gasteiger partial charge in [-0.3, -0.25) is 0 Å². The molecule has 0 fully saturated rings. The Hall–Kier alpha value is -2.99. The third kappa shape index (κ3) is 9.57.